The fourth-order valence-electron chi connectivity index (χ4n) is 3.45. The second-order valence-corrected chi connectivity index (χ2v) is 7.07. The van der Waals surface area contributed by atoms with Gasteiger partial charge in [-0.05, 0) is 49.4 Å². The molecule has 1 aliphatic rings. The summed E-state index contributed by atoms with van der Waals surface area (Å²) in [7, 11) is 0. The maximum Gasteiger partial charge on any atom is 0.253 e. The largest absolute Gasteiger partial charge is 0.367 e. The van der Waals surface area contributed by atoms with Crippen molar-refractivity contribution in [3.8, 4) is 0 Å². The molecule has 1 amide bonds. The van der Waals surface area contributed by atoms with Crippen LogP contribution in [0.2, 0.25) is 5.02 Å². The van der Waals surface area contributed by atoms with Crippen LogP contribution in [-0.2, 0) is 0 Å². The number of aryl methyl sites for hydroxylation is 1. The van der Waals surface area contributed by atoms with E-state index in [1.165, 1.54) is 16.6 Å². The van der Waals surface area contributed by atoms with E-state index in [-0.39, 0.29) is 5.91 Å². The van der Waals surface area contributed by atoms with E-state index in [0.717, 1.165) is 18.6 Å². The van der Waals surface area contributed by atoms with Crippen LogP contribution in [0, 0.1) is 6.92 Å². The molecule has 4 rings (SSSR count). The van der Waals surface area contributed by atoms with Gasteiger partial charge in [-0.15, -0.1) is 0 Å². The number of hydrogen-bond acceptors (Lipinski definition) is 3. The van der Waals surface area contributed by atoms with Crippen LogP contribution in [0.4, 0.5) is 5.69 Å². The van der Waals surface area contributed by atoms with Gasteiger partial charge in [-0.2, -0.15) is 0 Å². The van der Waals surface area contributed by atoms with E-state index in [2.05, 4.69) is 41.1 Å². The molecule has 0 spiro atoms. The number of rotatable bonds is 2. The van der Waals surface area contributed by atoms with Crippen LogP contribution in [0.1, 0.15) is 15.9 Å². The first-order valence-electron chi connectivity index (χ1n) is 8.77. The van der Waals surface area contributed by atoms with Gasteiger partial charge in [-0.1, -0.05) is 23.2 Å². The standard InChI is InChI=1S/C21H20ClN3O/c1-15-2-7-19-18(14-15)20(8-9-23-19)24-10-12-25(13-11-24)21(26)16-3-5-17(22)6-4-16/h2-9,14H,10-13H2,1H3. The normalized spacial score (nSPS) is 14.7. The molecule has 2 heterocycles. The molecule has 132 valence electrons. The van der Waals surface area contributed by atoms with Crippen molar-refractivity contribution in [2.45, 2.75) is 6.92 Å². The van der Waals surface area contributed by atoms with Crippen molar-refractivity contribution in [3.05, 3.63) is 70.9 Å². The molecule has 1 aliphatic heterocycles. The second-order valence-electron chi connectivity index (χ2n) is 6.64. The highest BCUT2D eigenvalue weighted by Crippen LogP contribution is 2.27. The molecule has 3 aromatic rings. The highest BCUT2D eigenvalue weighted by atomic mass is 35.5. The Morgan fingerprint density at radius 3 is 2.46 bits per heavy atom. The third kappa shape index (κ3) is 3.25. The third-order valence-corrected chi connectivity index (χ3v) is 5.12. The first-order valence-corrected chi connectivity index (χ1v) is 9.15. The fourth-order valence-corrected chi connectivity index (χ4v) is 3.57. The van der Waals surface area contributed by atoms with E-state index >= 15 is 0 Å². The molecule has 0 saturated carbocycles. The van der Waals surface area contributed by atoms with E-state index in [1.54, 1.807) is 24.3 Å². The van der Waals surface area contributed by atoms with Gasteiger partial charge in [-0.3, -0.25) is 9.78 Å². The second kappa shape index (κ2) is 6.96. The van der Waals surface area contributed by atoms with Crippen LogP contribution < -0.4 is 4.90 Å². The molecule has 0 radical (unpaired) electrons. The lowest BCUT2D eigenvalue weighted by atomic mass is 10.1. The summed E-state index contributed by atoms with van der Waals surface area (Å²) in [5, 5.41) is 1.82. The number of nitrogens with zero attached hydrogens (tertiary/aromatic N) is 3. The maximum absolute atomic E-state index is 12.7. The van der Waals surface area contributed by atoms with Crippen molar-refractivity contribution in [3.63, 3.8) is 0 Å². The molecule has 0 aliphatic carbocycles. The number of carbonyl (C=O) groups excluding carboxylic acids is 1. The molecule has 1 saturated heterocycles. The van der Waals surface area contributed by atoms with E-state index < -0.39 is 0 Å². The highest BCUT2D eigenvalue weighted by Gasteiger charge is 2.23. The van der Waals surface area contributed by atoms with Gasteiger partial charge < -0.3 is 9.80 Å². The lowest BCUT2D eigenvalue weighted by Crippen LogP contribution is -2.48. The minimum Gasteiger partial charge on any atom is -0.367 e. The monoisotopic (exact) mass is 365 g/mol. The number of carbonyl (C=O) groups is 1. The van der Waals surface area contributed by atoms with Crippen molar-refractivity contribution < 1.29 is 4.79 Å². The molecule has 1 fully saturated rings. The van der Waals surface area contributed by atoms with Crippen LogP contribution in [0.15, 0.2) is 54.7 Å². The predicted octanol–water partition coefficient (Wildman–Crippen LogP) is 4.16. The van der Waals surface area contributed by atoms with Crippen LogP contribution >= 0.6 is 11.6 Å². The van der Waals surface area contributed by atoms with Crippen molar-refractivity contribution in [1.82, 2.24) is 9.88 Å². The first kappa shape index (κ1) is 16.9. The molecular formula is C21H20ClN3O. The van der Waals surface area contributed by atoms with Crippen LogP contribution in [0.3, 0.4) is 0 Å². The summed E-state index contributed by atoms with van der Waals surface area (Å²) in [4.78, 5) is 21.4. The Morgan fingerprint density at radius 1 is 1.00 bits per heavy atom. The zero-order valence-corrected chi connectivity index (χ0v) is 15.4. The number of benzene rings is 2. The molecule has 4 nitrogen and oxygen atoms in total. The number of aromatic nitrogens is 1. The van der Waals surface area contributed by atoms with Crippen molar-refractivity contribution in [1.29, 1.82) is 0 Å². The molecular weight excluding hydrogens is 346 g/mol. The topological polar surface area (TPSA) is 36.4 Å². The van der Waals surface area contributed by atoms with Crippen molar-refractivity contribution in [2.24, 2.45) is 0 Å². The summed E-state index contributed by atoms with van der Waals surface area (Å²) < 4.78 is 0. The van der Waals surface area contributed by atoms with Crippen molar-refractivity contribution >= 4 is 34.1 Å². The van der Waals surface area contributed by atoms with Gasteiger partial charge in [0.15, 0.2) is 0 Å². The minimum absolute atomic E-state index is 0.0664. The Hall–Kier alpha value is -2.59. The average molecular weight is 366 g/mol. The van der Waals surface area contributed by atoms with Gasteiger partial charge >= 0.3 is 0 Å². The quantitative estimate of drug-likeness (QED) is 0.684. The van der Waals surface area contributed by atoms with E-state index in [1.807, 2.05) is 11.1 Å². The first-order chi connectivity index (χ1) is 12.6. The molecule has 2 aromatic carbocycles. The van der Waals surface area contributed by atoms with Crippen molar-refractivity contribution in [2.75, 3.05) is 31.1 Å². The number of amides is 1. The summed E-state index contributed by atoms with van der Waals surface area (Å²) in [5.74, 6) is 0.0664. The van der Waals surface area contributed by atoms with Gasteiger partial charge in [0.2, 0.25) is 0 Å². The van der Waals surface area contributed by atoms with Gasteiger partial charge in [0, 0.05) is 54.0 Å². The Kier molecular flexibility index (Phi) is 4.51. The van der Waals surface area contributed by atoms with Crippen LogP contribution in [0.25, 0.3) is 10.9 Å². The number of piperazine rings is 1. The molecule has 0 atom stereocenters. The van der Waals surface area contributed by atoms with E-state index in [0.29, 0.717) is 23.7 Å². The van der Waals surface area contributed by atoms with Gasteiger partial charge in [0.25, 0.3) is 5.91 Å². The smallest absolute Gasteiger partial charge is 0.253 e. The maximum atomic E-state index is 12.7. The third-order valence-electron chi connectivity index (χ3n) is 4.87. The van der Waals surface area contributed by atoms with Gasteiger partial charge in [0.1, 0.15) is 0 Å². The SMILES string of the molecule is Cc1ccc2nccc(N3CCN(C(=O)c4ccc(Cl)cc4)CC3)c2c1. The summed E-state index contributed by atoms with van der Waals surface area (Å²) in [6.45, 7) is 5.13. The Labute approximate surface area is 158 Å². The number of anilines is 1. The molecule has 5 heteroatoms. The number of halogens is 1. The molecule has 0 bridgehead atoms. The lowest BCUT2D eigenvalue weighted by molar-refractivity contribution is 0.0747. The Balaban J connectivity index is 1.51. The van der Waals surface area contributed by atoms with Crippen LogP contribution in [0.5, 0.6) is 0 Å². The predicted molar refractivity (Wildman–Crippen MR) is 106 cm³/mol. The van der Waals surface area contributed by atoms with Gasteiger partial charge in [-0.25, -0.2) is 0 Å². The zero-order chi connectivity index (χ0) is 18.1. The van der Waals surface area contributed by atoms with Gasteiger partial charge in [0.05, 0.1) is 5.52 Å². The number of hydrogen-bond donors (Lipinski definition) is 0. The number of pyridine rings is 1. The molecule has 0 N–H and O–H groups in total. The summed E-state index contributed by atoms with van der Waals surface area (Å²) in [5.41, 5.74) is 4.11. The molecule has 0 unspecified atom stereocenters. The number of fused-ring (bicyclic) bond motifs is 1. The molecule has 26 heavy (non-hydrogen) atoms. The Bertz CT molecular complexity index is 947. The highest BCUT2D eigenvalue weighted by molar-refractivity contribution is 6.30. The van der Waals surface area contributed by atoms with E-state index in [4.69, 9.17) is 11.6 Å². The summed E-state index contributed by atoms with van der Waals surface area (Å²) in [6, 6.07) is 15.5. The lowest BCUT2D eigenvalue weighted by Gasteiger charge is -2.36. The zero-order valence-electron chi connectivity index (χ0n) is 14.7. The molecule has 1 aromatic heterocycles. The summed E-state index contributed by atoms with van der Waals surface area (Å²) >= 11 is 5.91. The van der Waals surface area contributed by atoms with Crippen LogP contribution in [-0.4, -0.2) is 42.0 Å². The summed E-state index contributed by atoms with van der Waals surface area (Å²) in [6.07, 6.45) is 1.86. The van der Waals surface area contributed by atoms with E-state index in [9.17, 15) is 4.79 Å². The average Bonchev–Trinajstić information content (AvgIpc) is 2.68. The Morgan fingerprint density at radius 2 is 1.73 bits per heavy atom. The fraction of sp³-hybridized carbons (Fsp3) is 0.238. The minimum atomic E-state index is 0.0664.